The number of aromatic nitrogens is 3. The number of carbonyl (C=O) groups excluding carboxylic acids is 1. The fourth-order valence-electron chi connectivity index (χ4n) is 3.45. The van der Waals surface area contributed by atoms with Gasteiger partial charge < -0.3 is 14.5 Å². The molecule has 4 rings (SSSR count). The van der Waals surface area contributed by atoms with Crippen LogP contribution in [0.4, 0.5) is 11.5 Å². The van der Waals surface area contributed by atoms with Crippen molar-refractivity contribution in [3.8, 4) is 5.75 Å². The minimum atomic E-state index is -0.0820. The Morgan fingerprint density at radius 3 is 2.90 bits per heavy atom. The molecule has 8 nitrogen and oxygen atoms in total. The third-order valence-corrected chi connectivity index (χ3v) is 4.99. The van der Waals surface area contributed by atoms with Crippen molar-refractivity contribution in [1.29, 1.82) is 0 Å². The molecule has 3 aromatic heterocycles. The second kappa shape index (κ2) is 7.54. The van der Waals surface area contributed by atoms with Gasteiger partial charge in [0.05, 0.1) is 12.1 Å². The Morgan fingerprint density at radius 2 is 2.10 bits per heavy atom. The average Bonchev–Trinajstić information content (AvgIpc) is 2.75. The van der Waals surface area contributed by atoms with Gasteiger partial charge in [0, 0.05) is 49.5 Å². The predicted octanol–water partition coefficient (Wildman–Crippen LogP) is 2.41. The van der Waals surface area contributed by atoms with Gasteiger partial charge in [0.2, 0.25) is 0 Å². The highest BCUT2D eigenvalue weighted by Crippen LogP contribution is 2.35. The monoisotopic (exact) mass is 393 g/mol. The van der Waals surface area contributed by atoms with E-state index in [1.165, 1.54) is 4.40 Å². The maximum absolute atomic E-state index is 12.6. The highest BCUT2D eigenvalue weighted by atomic mass is 16.5. The van der Waals surface area contributed by atoms with Crippen molar-refractivity contribution in [1.82, 2.24) is 19.3 Å². The SMILES string of the molecule is CCCN(C)C(=O)c1cnc2c(c1)OCCN2c1ccn2c(=O)c(C)cnc2c1. The first-order chi connectivity index (χ1) is 14.0. The van der Waals surface area contributed by atoms with E-state index in [0.717, 1.165) is 12.1 Å². The van der Waals surface area contributed by atoms with Crippen LogP contribution in [-0.2, 0) is 0 Å². The van der Waals surface area contributed by atoms with Crippen LogP contribution in [0.2, 0.25) is 0 Å². The standard InChI is InChI=1S/C21H23N5O3/c1-4-6-24(3)21(28)15-10-17-19(23-13-15)25(8-9-29-17)16-5-7-26-18(11-16)22-12-14(2)20(26)27/h5,7,10-13H,4,6,8-9H2,1-3H3. The van der Waals surface area contributed by atoms with Crippen molar-refractivity contribution in [2.24, 2.45) is 0 Å². The molecule has 0 saturated carbocycles. The minimum absolute atomic E-state index is 0.0764. The molecule has 0 atom stereocenters. The topological polar surface area (TPSA) is 80.0 Å². The van der Waals surface area contributed by atoms with Crippen molar-refractivity contribution in [2.75, 3.05) is 31.6 Å². The maximum Gasteiger partial charge on any atom is 0.260 e. The molecule has 1 aliphatic rings. The average molecular weight is 393 g/mol. The van der Waals surface area contributed by atoms with Gasteiger partial charge in [-0.2, -0.15) is 0 Å². The molecule has 4 heterocycles. The van der Waals surface area contributed by atoms with Crippen LogP contribution < -0.4 is 15.2 Å². The number of aryl methyl sites for hydroxylation is 1. The first kappa shape index (κ1) is 18.9. The van der Waals surface area contributed by atoms with E-state index >= 15 is 0 Å². The van der Waals surface area contributed by atoms with Gasteiger partial charge in [-0.1, -0.05) is 6.92 Å². The molecule has 1 aliphatic heterocycles. The molecule has 0 radical (unpaired) electrons. The molecule has 150 valence electrons. The van der Waals surface area contributed by atoms with Crippen LogP contribution in [0.15, 0.2) is 41.6 Å². The fourth-order valence-corrected chi connectivity index (χ4v) is 3.45. The molecule has 0 unspecified atom stereocenters. The third-order valence-electron chi connectivity index (χ3n) is 4.99. The molecule has 3 aromatic rings. The smallest absolute Gasteiger partial charge is 0.260 e. The molecule has 0 aromatic carbocycles. The fraction of sp³-hybridized carbons (Fsp3) is 0.333. The van der Waals surface area contributed by atoms with Crippen LogP contribution in [0.25, 0.3) is 5.65 Å². The van der Waals surface area contributed by atoms with Crippen LogP contribution in [0.3, 0.4) is 0 Å². The van der Waals surface area contributed by atoms with Gasteiger partial charge in [0.15, 0.2) is 11.6 Å². The largest absolute Gasteiger partial charge is 0.488 e. The molecule has 0 aliphatic carbocycles. The van der Waals surface area contributed by atoms with Crippen molar-refractivity contribution >= 4 is 23.1 Å². The Morgan fingerprint density at radius 1 is 1.28 bits per heavy atom. The highest BCUT2D eigenvalue weighted by molar-refractivity contribution is 5.94. The molecule has 8 heteroatoms. The Labute approximate surface area is 168 Å². The summed E-state index contributed by atoms with van der Waals surface area (Å²) in [6.07, 6.45) is 5.78. The molecule has 1 amide bonds. The normalized spacial score (nSPS) is 13.1. The maximum atomic E-state index is 12.6. The number of nitrogens with zero attached hydrogens (tertiary/aromatic N) is 5. The van der Waals surface area contributed by atoms with E-state index in [1.54, 1.807) is 43.5 Å². The van der Waals surface area contributed by atoms with Gasteiger partial charge in [0.1, 0.15) is 12.3 Å². The quantitative estimate of drug-likeness (QED) is 0.677. The van der Waals surface area contributed by atoms with Crippen LogP contribution >= 0.6 is 0 Å². The first-order valence-corrected chi connectivity index (χ1v) is 9.63. The zero-order valence-corrected chi connectivity index (χ0v) is 16.8. The lowest BCUT2D eigenvalue weighted by Gasteiger charge is -2.30. The van der Waals surface area contributed by atoms with Gasteiger partial charge in [-0.25, -0.2) is 9.97 Å². The number of fused-ring (bicyclic) bond motifs is 2. The molecule has 0 N–H and O–H groups in total. The Hall–Kier alpha value is -3.42. The van der Waals surface area contributed by atoms with Crippen molar-refractivity contribution in [3.63, 3.8) is 0 Å². The summed E-state index contributed by atoms with van der Waals surface area (Å²) in [5, 5.41) is 0. The third kappa shape index (κ3) is 3.41. The summed E-state index contributed by atoms with van der Waals surface area (Å²) in [6.45, 7) is 5.54. The molecular weight excluding hydrogens is 370 g/mol. The summed E-state index contributed by atoms with van der Waals surface area (Å²) < 4.78 is 7.31. The lowest BCUT2D eigenvalue weighted by Crippen LogP contribution is -2.31. The van der Waals surface area contributed by atoms with Gasteiger partial charge >= 0.3 is 0 Å². The summed E-state index contributed by atoms with van der Waals surface area (Å²) in [7, 11) is 1.78. The summed E-state index contributed by atoms with van der Waals surface area (Å²) >= 11 is 0. The number of hydrogen-bond acceptors (Lipinski definition) is 6. The number of anilines is 2. The summed E-state index contributed by atoms with van der Waals surface area (Å²) in [5.74, 6) is 1.14. The van der Waals surface area contributed by atoms with Gasteiger partial charge in [0.25, 0.3) is 11.5 Å². The summed E-state index contributed by atoms with van der Waals surface area (Å²) in [5.41, 5.74) is 2.45. The molecule has 0 bridgehead atoms. The number of ether oxygens (including phenoxy) is 1. The number of rotatable bonds is 4. The van der Waals surface area contributed by atoms with Gasteiger partial charge in [-0.05, 0) is 25.5 Å². The minimum Gasteiger partial charge on any atom is -0.488 e. The number of amides is 1. The van der Waals surface area contributed by atoms with Crippen molar-refractivity contribution in [3.05, 3.63) is 58.3 Å². The van der Waals surface area contributed by atoms with Gasteiger partial charge in [-0.3, -0.25) is 14.0 Å². The van der Waals surface area contributed by atoms with E-state index in [0.29, 0.717) is 48.0 Å². The van der Waals surface area contributed by atoms with Crippen LogP contribution in [-0.4, -0.2) is 51.9 Å². The molecular formula is C21H23N5O3. The van der Waals surface area contributed by atoms with E-state index in [1.807, 2.05) is 24.0 Å². The second-order valence-electron chi connectivity index (χ2n) is 7.13. The molecule has 0 saturated heterocycles. The van der Waals surface area contributed by atoms with E-state index in [9.17, 15) is 9.59 Å². The lowest BCUT2D eigenvalue weighted by atomic mass is 10.2. The van der Waals surface area contributed by atoms with E-state index in [2.05, 4.69) is 9.97 Å². The van der Waals surface area contributed by atoms with Crippen LogP contribution in [0.1, 0.15) is 29.3 Å². The Bertz CT molecular complexity index is 1140. The highest BCUT2D eigenvalue weighted by Gasteiger charge is 2.24. The molecule has 0 spiro atoms. The first-order valence-electron chi connectivity index (χ1n) is 9.63. The second-order valence-corrected chi connectivity index (χ2v) is 7.13. The summed E-state index contributed by atoms with van der Waals surface area (Å²) in [6, 6.07) is 5.46. The zero-order chi connectivity index (χ0) is 20.5. The van der Waals surface area contributed by atoms with Gasteiger partial charge in [-0.15, -0.1) is 0 Å². The van der Waals surface area contributed by atoms with Crippen molar-refractivity contribution < 1.29 is 9.53 Å². The number of pyridine rings is 2. The van der Waals surface area contributed by atoms with E-state index < -0.39 is 0 Å². The zero-order valence-electron chi connectivity index (χ0n) is 16.8. The Balaban J connectivity index is 1.70. The summed E-state index contributed by atoms with van der Waals surface area (Å²) in [4.78, 5) is 37.4. The number of hydrogen-bond donors (Lipinski definition) is 0. The number of carbonyl (C=O) groups is 1. The Kier molecular flexibility index (Phi) is 4.92. The van der Waals surface area contributed by atoms with E-state index in [-0.39, 0.29) is 11.5 Å². The molecule has 0 fully saturated rings. The van der Waals surface area contributed by atoms with Crippen molar-refractivity contribution in [2.45, 2.75) is 20.3 Å². The lowest BCUT2D eigenvalue weighted by molar-refractivity contribution is 0.0794. The predicted molar refractivity (Wildman–Crippen MR) is 110 cm³/mol. The molecule has 29 heavy (non-hydrogen) atoms. The van der Waals surface area contributed by atoms with E-state index in [4.69, 9.17) is 4.74 Å². The van der Waals surface area contributed by atoms with Crippen LogP contribution in [0, 0.1) is 6.92 Å². The van der Waals surface area contributed by atoms with Crippen LogP contribution in [0.5, 0.6) is 5.75 Å².